The molecule has 1 aliphatic heterocycles. The maximum Gasteiger partial charge on any atom is 0.314 e. The van der Waals surface area contributed by atoms with Gasteiger partial charge in [-0.15, -0.1) is 0 Å². The Morgan fingerprint density at radius 3 is 2.37 bits per heavy atom. The van der Waals surface area contributed by atoms with Gasteiger partial charge in [-0.25, -0.2) is 8.42 Å². The zero-order valence-electron chi connectivity index (χ0n) is 14.4. The molecule has 0 atom stereocenters. The third-order valence-corrected chi connectivity index (χ3v) is 6.33. The number of nitro groups is 1. The van der Waals surface area contributed by atoms with Gasteiger partial charge in [0.1, 0.15) is 5.75 Å². The van der Waals surface area contributed by atoms with Crippen molar-refractivity contribution in [3.8, 4) is 5.75 Å². The molecule has 1 heterocycles. The van der Waals surface area contributed by atoms with Gasteiger partial charge in [0.05, 0.1) is 21.8 Å². The van der Waals surface area contributed by atoms with Crippen LogP contribution in [0, 0.1) is 16.0 Å². The van der Waals surface area contributed by atoms with Crippen LogP contribution in [-0.2, 0) is 14.8 Å². The van der Waals surface area contributed by atoms with Gasteiger partial charge in [0.15, 0.2) is 0 Å². The summed E-state index contributed by atoms with van der Waals surface area (Å²) in [6.45, 7) is 0.428. The maximum absolute atomic E-state index is 12.6. The second kappa shape index (κ2) is 7.85. The van der Waals surface area contributed by atoms with E-state index in [2.05, 4.69) is 0 Å². The van der Waals surface area contributed by atoms with Crippen molar-refractivity contribution < 1.29 is 22.9 Å². The minimum atomic E-state index is -3.58. The van der Waals surface area contributed by atoms with Crippen LogP contribution in [0.3, 0.4) is 0 Å². The largest absolute Gasteiger partial charge is 0.426 e. The quantitative estimate of drug-likeness (QED) is 0.336. The van der Waals surface area contributed by atoms with Crippen LogP contribution in [0.25, 0.3) is 0 Å². The van der Waals surface area contributed by atoms with Gasteiger partial charge in [0.2, 0.25) is 10.0 Å². The third-order valence-electron chi connectivity index (χ3n) is 4.42. The summed E-state index contributed by atoms with van der Waals surface area (Å²) in [5.74, 6) is -0.854. The normalized spacial score (nSPS) is 16.0. The number of nitro benzene ring substituents is 1. The van der Waals surface area contributed by atoms with E-state index < -0.39 is 26.8 Å². The van der Waals surface area contributed by atoms with Crippen molar-refractivity contribution in [2.75, 3.05) is 13.1 Å². The minimum absolute atomic E-state index is 0.105. The summed E-state index contributed by atoms with van der Waals surface area (Å²) < 4.78 is 31.8. The first-order chi connectivity index (χ1) is 12.9. The number of hydrogen-bond acceptors (Lipinski definition) is 6. The molecule has 27 heavy (non-hydrogen) atoms. The van der Waals surface area contributed by atoms with Crippen LogP contribution in [0.5, 0.6) is 5.75 Å². The van der Waals surface area contributed by atoms with Crippen molar-refractivity contribution in [1.29, 1.82) is 0 Å². The van der Waals surface area contributed by atoms with Gasteiger partial charge in [-0.2, -0.15) is 4.31 Å². The van der Waals surface area contributed by atoms with E-state index in [0.29, 0.717) is 12.8 Å². The smallest absolute Gasteiger partial charge is 0.314 e. The topological polar surface area (TPSA) is 107 Å². The molecule has 0 aromatic heterocycles. The first-order valence-electron chi connectivity index (χ1n) is 8.39. The van der Waals surface area contributed by atoms with E-state index in [1.807, 2.05) is 0 Å². The summed E-state index contributed by atoms with van der Waals surface area (Å²) in [7, 11) is -3.58. The van der Waals surface area contributed by atoms with E-state index in [-0.39, 0.29) is 29.4 Å². The molecule has 0 aliphatic carbocycles. The van der Waals surface area contributed by atoms with Gasteiger partial charge in [-0.1, -0.05) is 24.3 Å². The van der Waals surface area contributed by atoms with Crippen LogP contribution in [0.1, 0.15) is 12.8 Å². The molecule has 1 fully saturated rings. The molecule has 142 valence electrons. The number of carbonyl (C=O) groups is 1. The first kappa shape index (κ1) is 19.0. The van der Waals surface area contributed by atoms with Crippen LogP contribution in [0.2, 0.25) is 0 Å². The molecule has 0 unspecified atom stereocenters. The Balaban J connectivity index is 1.61. The molecular weight excluding hydrogens is 372 g/mol. The van der Waals surface area contributed by atoms with E-state index in [0.717, 1.165) is 0 Å². The second-order valence-corrected chi connectivity index (χ2v) is 8.10. The third kappa shape index (κ3) is 4.32. The van der Waals surface area contributed by atoms with E-state index in [1.54, 1.807) is 18.2 Å². The number of rotatable bonds is 5. The molecule has 0 N–H and O–H groups in total. The summed E-state index contributed by atoms with van der Waals surface area (Å²) in [4.78, 5) is 22.8. The molecule has 0 saturated carbocycles. The highest BCUT2D eigenvalue weighted by Gasteiger charge is 2.33. The van der Waals surface area contributed by atoms with E-state index in [4.69, 9.17) is 4.74 Å². The van der Waals surface area contributed by atoms with Gasteiger partial charge < -0.3 is 4.74 Å². The Morgan fingerprint density at radius 1 is 1.07 bits per heavy atom. The molecule has 0 spiro atoms. The number of ether oxygens (including phenoxy) is 1. The standard InChI is InChI=1S/C18H18N2O6S/c21-18(26-16-6-4-5-15(13-16)20(22)23)14-9-11-19(12-10-14)27(24,25)17-7-2-1-3-8-17/h1-8,13-14H,9-12H2. The van der Waals surface area contributed by atoms with Crippen molar-refractivity contribution in [1.82, 2.24) is 4.31 Å². The summed E-state index contributed by atoms with van der Waals surface area (Å²) in [5, 5.41) is 10.8. The Kier molecular flexibility index (Phi) is 5.52. The summed E-state index contributed by atoms with van der Waals surface area (Å²) in [6, 6.07) is 13.6. The number of non-ortho nitro benzene ring substituents is 1. The zero-order valence-corrected chi connectivity index (χ0v) is 15.2. The van der Waals surface area contributed by atoms with E-state index >= 15 is 0 Å². The van der Waals surface area contributed by atoms with E-state index in [1.165, 1.54) is 40.7 Å². The summed E-state index contributed by atoms with van der Waals surface area (Å²) >= 11 is 0. The Morgan fingerprint density at radius 2 is 1.74 bits per heavy atom. The Hall–Kier alpha value is -2.78. The van der Waals surface area contributed by atoms with Crippen molar-refractivity contribution in [3.63, 3.8) is 0 Å². The molecule has 1 aliphatic rings. The highest BCUT2D eigenvalue weighted by atomic mass is 32.2. The van der Waals surface area contributed by atoms with Crippen molar-refractivity contribution in [3.05, 3.63) is 64.7 Å². The molecule has 1 saturated heterocycles. The first-order valence-corrected chi connectivity index (χ1v) is 9.83. The van der Waals surface area contributed by atoms with Crippen LogP contribution in [0.15, 0.2) is 59.5 Å². The van der Waals surface area contributed by atoms with E-state index in [9.17, 15) is 23.3 Å². The van der Waals surface area contributed by atoms with Crippen LogP contribution < -0.4 is 4.74 Å². The number of piperidine rings is 1. The van der Waals surface area contributed by atoms with Crippen molar-refractivity contribution in [2.45, 2.75) is 17.7 Å². The highest BCUT2D eigenvalue weighted by Crippen LogP contribution is 2.26. The number of benzene rings is 2. The molecule has 2 aromatic rings. The second-order valence-electron chi connectivity index (χ2n) is 6.17. The zero-order chi connectivity index (χ0) is 19.4. The van der Waals surface area contributed by atoms with Crippen molar-refractivity contribution >= 4 is 21.7 Å². The highest BCUT2D eigenvalue weighted by molar-refractivity contribution is 7.89. The lowest BCUT2D eigenvalue weighted by atomic mass is 9.98. The summed E-state index contributed by atoms with van der Waals surface area (Å²) in [6.07, 6.45) is 0.666. The monoisotopic (exact) mass is 390 g/mol. The molecule has 0 amide bonds. The molecule has 3 rings (SSSR count). The Bertz CT molecular complexity index is 937. The Labute approximate surface area is 156 Å². The number of carbonyl (C=O) groups excluding carboxylic acids is 1. The lowest BCUT2D eigenvalue weighted by Gasteiger charge is -2.30. The van der Waals surface area contributed by atoms with Crippen molar-refractivity contribution in [2.24, 2.45) is 5.92 Å². The minimum Gasteiger partial charge on any atom is -0.426 e. The fourth-order valence-corrected chi connectivity index (χ4v) is 4.42. The average molecular weight is 390 g/mol. The lowest BCUT2D eigenvalue weighted by Crippen LogP contribution is -2.41. The molecule has 9 heteroatoms. The predicted molar refractivity (Wildman–Crippen MR) is 96.7 cm³/mol. The average Bonchev–Trinajstić information content (AvgIpc) is 2.69. The van der Waals surface area contributed by atoms with Gasteiger partial charge in [-0.3, -0.25) is 14.9 Å². The molecular formula is C18H18N2O6S. The van der Waals surface area contributed by atoms with Gasteiger partial charge in [0, 0.05) is 19.2 Å². The molecule has 2 aromatic carbocycles. The number of hydrogen-bond donors (Lipinski definition) is 0. The van der Waals surface area contributed by atoms with Crippen LogP contribution in [-0.4, -0.2) is 36.7 Å². The molecule has 0 radical (unpaired) electrons. The fourth-order valence-electron chi connectivity index (χ4n) is 2.93. The van der Waals surface area contributed by atoms with Crippen LogP contribution >= 0.6 is 0 Å². The number of nitrogens with zero attached hydrogens (tertiary/aromatic N) is 2. The van der Waals surface area contributed by atoms with Crippen LogP contribution in [0.4, 0.5) is 5.69 Å². The molecule has 8 nitrogen and oxygen atoms in total. The predicted octanol–water partition coefficient (Wildman–Crippen LogP) is 2.60. The van der Waals surface area contributed by atoms with Gasteiger partial charge in [-0.05, 0) is 31.0 Å². The summed E-state index contributed by atoms with van der Waals surface area (Å²) in [5.41, 5.74) is -0.163. The lowest BCUT2D eigenvalue weighted by molar-refractivity contribution is -0.384. The maximum atomic E-state index is 12.6. The molecule has 0 bridgehead atoms. The fraction of sp³-hybridized carbons (Fsp3) is 0.278. The SMILES string of the molecule is O=C(Oc1cccc([N+](=O)[O-])c1)C1CCN(S(=O)(=O)c2ccccc2)CC1. The number of esters is 1. The number of sulfonamides is 1. The van der Waals surface area contributed by atoms with Gasteiger partial charge >= 0.3 is 5.97 Å². The van der Waals surface area contributed by atoms with Gasteiger partial charge in [0.25, 0.3) is 5.69 Å².